The summed E-state index contributed by atoms with van der Waals surface area (Å²) in [5.41, 5.74) is 0.905. The topological polar surface area (TPSA) is 55.1 Å². The minimum absolute atomic E-state index is 0.192. The van der Waals surface area contributed by atoms with E-state index in [1.165, 1.54) is 0 Å². The average Bonchev–Trinajstić information content (AvgIpc) is 3.06. The second-order valence-electron chi connectivity index (χ2n) is 4.36. The van der Waals surface area contributed by atoms with E-state index >= 15 is 0 Å². The number of carbonyl (C=O) groups excluding carboxylic acids is 1. The molecule has 2 rings (SSSR count). The maximum absolute atomic E-state index is 11.9. The number of carbonyl (C=O) groups is 1. The summed E-state index contributed by atoms with van der Waals surface area (Å²) in [7, 11) is 0. The van der Waals surface area contributed by atoms with Crippen LogP contribution in [0.5, 0.6) is 0 Å². The highest BCUT2D eigenvalue weighted by atomic mass is 32.2. The number of rotatable bonds is 7. The number of amides is 1. The number of nitrogens with one attached hydrogen (secondary N) is 1. The van der Waals surface area contributed by atoms with Crippen molar-refractivity contribution in [3.63, 3.8) is 0 Å². The van der Waals surface area contributed by atoms with Gasteiger partial charge in [-0.2, -0.15) is 11.8 Å². The molecule has 0 radical (unpaired) electrons. The Morgan fingerprint density at radius 1 is 1.50 bits per heavy atom. The summed E-state index contributed by atoms with van der Waals surface area (Å²) in [4.78, 5) is 16.4. The lowest BCUT2D eigenvalue weighted by Crippen LogP contribution is -2.22. The predicted octanol–water partition coefficient (Wildman–Crippen LogP) is 3.48. The average molecular weight is 310 g/mol. The van der Waals surface area contributed by atoms with Gasteiger partial charge in [-0.15, -0.1) is 11.3 Å². The summed E-state index contributed by atoms with van der Waals surface area (Å²) in [6.45, 7) is 2.57. The van der Waals surface area contributed by atoms with E-state index in [-0.39, 0.29) is 5.91 Å². The van der Waals surface area contributed by atoms with Crippen molar-refractivity contribution < 1.29 is 9.21 Å². The fraction of sp³-hybridized carbons (Fsp3) is 0.429. The van der Waals surface area contributed by atoms with Gasteiger partial charge in [-0.1, -0.05) is 6.92 Å². The van der Waals surface area contributed by atoms with Gasteiger partial charge in [0, 0.05) is 5.38 Å². The van der Waals surface area contributed by atoms with Crippen LogP contribution in [-0.2, 0) is 18.7 Å². The van der Waals surface area contributed by atoms with E-state index in [1.54, 1.807) is 29.2 Å². The van der Waals surface area contributed by atoms with Crippen LogP contribution >= 0.6 is 23.1 Å². The highest BCUT2D eigenvalue weighted by Crippen LogP contribution is 2.14. The Hall–Kier alpha value is -1.27. The van der Waals surface area contributed by atoms with Gasteiger partial charge in [0.2, 0.25) is 0 Å². The molecule has 0 saturated heterocycles. The van der Waals surface area contributed by atoms with Gasteiger partial charge in [-0.05, 0) is 31.2 Å². The summed E-state index contributed by atoms with van der Waals surface area (Å²) >= 11 is 3.31. The van der Waals surface area contributed by atoms with Crippen LogP contribution in [0.3, 0.4) is 0 Å². The van der Waals surface area contributed by atoms with Gasteiger partial charge < -0.3 is 9.73 Å². The number of thioether (sulfide) groups is 1. The first-order valence-electron chi connectivity index (χ1n) is 6.52. The van der Waals surface area contributed by atoms with Crippen molar-refractivity contribution >= 4 is 29.0 Å². The lowest BCUT2D eigenvalue weighted by Gasteiger charge is -2.00. The largest absolute Gasteiger partial charge is 0.455 e. The van der Waals surface area contributed by atoms with Crippen LogP contribution < -0.4 is 5.32 Å². The van der Waals surface area contributed by atoms with Crippen LogP contribution in [-0.4, -0.2) is 17.1 Å². The maximum Gasteiger partial charge on any atom is 0.287 e. The second-order valence-corrected chi connectivity index (χ2v) is 6.17. The molecule has 2 heterocycles. The molecule has 0 spiro atoms. The maximum atomic E-state index is 11.9. The minimum Gasteiger partial charge on any atom is -0.455 e. The molecule has 0 bridgehead atoms. The number of aryl methyl sites for hydroxylation is 1. The summed E-state index contributed by atoms with van der Waals surface area (Å²) in [5, 5.41) is 5.95. The van der Waals surface area contributed by atoms with E-state index in [0.717, 1.165) is 35.1 Å². The standard InChI is InChI=1S/C14H18N2O2S2/c1-3-4-13-16-10(8-20-13)7-15-14(17)12-6-5-11(18-12)9-19-2/h5-6,8H,3-4,7,9H2,1-2H3,(H,15,17). The molecule has 108 valence electrons. The van der Waals surface area contributed by atoms with Crippen LogP contribution in [0, 0.1) is 0 Å². The van der Waals surface area contributed by atoms with Crippen molar-refractivity contribution in [3.05, 3.63) is 39.7 Å². The molecule has 0 aliphatic rings. The lowest BCUT2D eigenvalue weighted by atomic mass is 10.3. The number of aromatic nitrogens is 1. The molecule has 1 amide bonds. The zero-order chi connectivity index (χ0) is 14.4. The second kappa shape index (κ2) is 7.50. The highest BCUT2D eigenvalue weighted by molar-refractivity contribution is 7.97. The van der Waals surface area contributed by atoms with E-state index in [9.17, 15) is 4.79 Å². The van der Waals surface area contributed by atoms with Gasteiger partial charge in [0.15, 0.2) is 5.76 Å². The van der Waals surface area contributed by atoms with E-state index in [1.807, 2.05) is 17.7 Å². The first-order valence-corrected chi connectivity index (χ1v) is 8.79. The highest BCUT2D eigenvalue weighted by Gasteiger charge is 2.11. The van der Waals surface area contributed by atoms with E-state index in [0.29, 0.717) is 12.3 Å². The van der Waals surface area contributed by atoms with Crippen molar-refractivity contribution in [2.75, 3.05) is 6.26 Å². The lowest BCUT2D eigenvalue weighted by molar-refractivity contribution is 0.0921. The monoisotopic (exact) mass is 310 g/mol. The van der Waals surface area contributed by atoms with Gasteiger partial charge in [0.1, 0.15) is 5.76 Å². The van der Waals surface area contributed by atoms with E-state index in [2.05, 4.69) is 17.2 Å². The number of hydrogen-bond donors (Lipinski definition) is 1. The van der Waals surface area contributed by atoms with Gasteiger partial charge in [0.25, 0.3) is 5.91 Å². The number of hydrogen-bond acceptors (Lipinski definition) is 5. The summed E-state index contributed by atoms with van der Waals surface area (Å²) in [6.07, 6.45) is 4.08. The SMILES string of the molecule is CCCc1nc(CNC(=O)c2ccc(CSC)o2)cs1. The first kappa shape index (κ1) is 15.1. The van der Waals surface area contributed by atoms with E-state index in [4.69, 9.17) is 4.42 Å². The Morgan fingerprint density at radius 3 is 3.10 bits per heavy atom. The Balaban J connectivity index is 1.87. The first-order chi connectivity index (χ1) is 9.72. The molecule has 0 aliphatic carbocycles. The molecule has 0 unspecified atom stereocenters. The smallest absolute Gasteiger partial charge is 0.287 e. The Kier molecular flexibility index (Phi) is 5.67. The number of furan rings is 1. The molecule has 0 aromatic carbocycles. The van der Waals surface area contributed by atoms with E-state index < -0.39 is 0 Å². The third-order valence-electron chi connectivity index (χ3n) is 2.67. The number of nitrogens with zero attached hydrogens (tertiary/aromatic N) is 1. The normalized spacial score (nSPS) is 10.7. The van der Waals surface area contributed by atoms with Crippen molar-refractivity contribution in [1.82, 2.24) is 10.3 Å². The Morgan fingerprint density at radius 2 is 2.35 bits per heavy atom. The zero-order valence-electron chi connectivity index (χ0n) is 11.6. The minimum atomic E-state index is -0.192. The quantitative estimate of drug-likeness (QED) is 0.850. The fourth-order valence-electron chi connectivity index (χ4n) is 1.74. The molecular weight excluding hydrogens is 292 g/mol. The van der Waals surface area contributed by atoms with Crippen LogP contribution in [0.4, 0.5) is 0 Å². The van der Waals surface area contributed by atoms with Gasteiger partial charge in [-0.3, -0.25) is 4.79 Å². The Labute approximate surface area is 127 Å². The van der Waals surface area contributed by atoms with Crippen molar-refractivity contribution in [3.8, 4) is 0 Å². The van der Waals surface area contributed by atoms with Gasteiger partial charge in [0.05, 0.1) is 23.0 Å². The van der Waals surface area contributed by atoms with Crippen LogP contribution in [0.2, 0.25) is 0 Å². The van der Waals surface area contributed by atoms with Gasteiger partial charge in [-0.25, -0.2) is 4.98 Å². The zero-order valence-corrected chi connectivity index (χ0v) is 13.3. The van der Waals surface area contributed by atoms with Crippen LogP contribution in [0.15, 0.2) is 21.9 Å². The third kappa shape index (κ3) is 4.11. The Bertz CT molecular complexity index is 563. The molecule has 1 N–H and O–H groups in total. The predicted molar refractivity (Wildman–Crippen MR) is 83.2 cm³/mol. The molecule has 0 saturated carbocycles. The summed E-state index contributed by atoms with van der Waals surface area (Å²) in [5.74, 6) is 1.77. The molecule has 6 heteroatoms. The molecule has 2 aromatic rings. The molecular formula is C14H18N2O2S2. The summed E-state index contributed by atoms with van der Waals surface area (Å²) in [6, 6.07) is 3.55. The molecule has 0 aliphatic heterocycles. The molecule has 2 aromatic heterocycles. The molecule has 20 heavy (non-hydrogen) atoms. The number of thiazole rings is 1. The third-order valence-corrected chi connectivity index (χ3v) is 4.20. The molecule has 4 nitrogen and oxygen atoms in total. The molecule has 0 fully saturated rings. The summed E-state index contributed by atoms with van der Waals surface area (Å²) < 4.78 is 5.47. The van der Waals surface area contributed by atoms with Crippen molar-refractivity contribution in [2.24, 2.45) is 0 Å². The van der Waals surface area contributed by atoms with Crippen molar-refractivity contribution in [1.29, 1.82) is 0 Å². The van der Waals surface area contributed by atoms with Crippen molar-refractivity contribution in [2.45, 2.75) is 32.1 Å². The van der Waals surface area contributed by atoms with Crippen LogP contribution in [0.1, 0.15) is 40.4 Å². The fourth-order valence-corrected chi connectivity index (χ4v) is 3.08. The molecule has 0 atom stereocenters. The van der Waals surface area contributed by atoms with Gasteiger partial charge >= 0.3 is 0 Å². The van der Waals surface area contributed by atoms with Crippen LogP contribution in [0.25, 0.3) is 0 Å².